The molecule has 0 amide bonds. The Kier molecular flexibility index (Phi) is 11.1. The summed E-state index contributed by atoms with van der Waals surface area (Å²) in [7, 11) is 0. The van der Waals surface area contributed by atoms with Gasteiger partial charge in [0.2, 0.25) is 3.41 Å². The van der Waals surface area contributed by atoms with Crippen LogP contribution in [0.4, 0.5) is 0 Å². The van der Waals surface area contributed by atoms with Crippen molar-refractivity contribution in [3.05, 3.63) is 0 Å². The zero-order valence-corrected chi connectivity index (χ0v) is 28.7. The number of fused-ring (bicyclic) bond motifs is 6. The van der Waals surface area contributed by atoms with Gasteiger partial charge in [-0.05, 0) is 59.5 Å². The highest BCUT2D eigenvalue weighted by atomic mass is 32.3. The minimum Gasteiger partial charge on any atom is -0.615 e. The molecular weight excluding hydrogens is 545 g/mol. The van der Waals surface area contributed by atoms with E-state index in [2.05, 4.69) is 90.7 Å². The summed E-state index contributed by atoms with van der Waals surface area (Å²) in [5.41, 5.74) is 1.91. The van der Waals surface area contributed by atoms with E-state index in [0.29, 0.717) is 25.1 Å². The van der Waals surface area contributed by atoms with E-state index < -0.39 is 11.2 Å². The third-order valence-electron chi connectivity index (χ3n) is 7.70. The first kappa shape index (κ1) is 31.6. The fraction of sp³-hybridized carbons (Fsp3) is 1.00. The number of hydrogen-bond donors (Lipinski definition) is 0. The Morgan fingerprint density at radius 3 is 1.49 bits per heavy atom. The molecule has 6 saturated heterocycles. The van der Waals surface area contributed by atoms with Gasteiger partial charge in [-0.2, -0.15) is 0 Å². The van der Waals surface area contributed by atoms with Crippen molar-refractivity contribution in [3.63, 3.8) is 0 Å². The minimum atomic E-state index is -0.636. The molecule has 6 fully saturated rings. The third kappa shape index (κ3) is 8.52. The van der Waals surface area contributed by atoms with Crippen LogP contribution in [0.15, 0.2) is 0 Å². The molecule has 0 aromatic carbocycles. The first-order chi connectivity index (χ1) is 16.2. The lowest BCUT2D eigenvalue weighted by atomic mass is 9.89. The van der Waals surface area contributed by atoms with Crippen LogP contribution in [0.25, 0.3) is 0 Å². The molecule has 6 heterocycles. The van der Waals surface area contributed by atoms with Gasteiger partial charge in [-0.1, -0.05) is 91.8 Å². The van der Waals surface area contributed by atoms with Crippen molar-refractivity contribution < 1.29 is 4.55 Å². The SMILES string of the molecule is CCCC12CSC(CCC(C)(C)C)(SC1)SC2.CCCC12CSC(CCC(C)(C)C)(SC1)[S+]([O-])C2. The number of hydrogen-bond acceptors (Lipinski definition) is 6. The second-order valence-corrected chi connectivity index (χ2v) is 23.5. The molecule has 35 heavy (non-hydrogen) atoms. The highest BCUT2D eigenvalue weighted by molar-refractivity contribution is 8.35. The van der Waals surface area contributed by atoms with Gasteiger partial charge in [-0.25, -0.2) is 0 Å². The third-order valence-corrected chi connectivity index (χ3v) is 21.1. The zero-order chi connectivity index (χ0) is 26.0. The van der Waals surface area contributed by atoms with Gasteiger partial charge in [-0.3, -0.25) is 0 Å². The normalized spacial score (nSPS) is 38.8. The number of rotatable bonds is 8. The summed E-state index contributed by atoms with van der Waals surface area (Å²) in [6.45, 7) is 18.6. The van der Waals surface area contributed by atoms with Gasteiger partial charge in [0.05, 0.1) is 0 Å². The fourth-order valence-electron chi connectivity index (χ4n) is 5.28. The van der Waals surface area contributed by atoms with Crippen LogP contribution in [-0.2, 0) is 11.2 Å². The maximum absolute atomic E-state index is 12.6. The van der Waals surface area contributed by atoms with Crippen LogP contribution in [0.1, 0.15) is 107 Å². The van der Waals surface area contributed by atoms with E-state index in [1.54, 1.807) is 0 Å². The molecule has 0 spiro atoms. The molecule has 6 aliphatic heterocycles. The van der Waals surface area contributed by atoms with Crippen LogP contribution in [0, 0.1) is 21.7 Å². The molecule has 1 nitrogen and oxygen atoms in total. The summed E-state index contributed by atoms with van der Waals surface area (Å²) in [5, 5.41) is 0. The lowest BCUT2D eigenvalue weighted by Crippen LogP contribution is -2.54. The summed E-state index contributed by atoms with van der Waals surface area (Å²) in [5.74, 6) is 7.71. The Bertz CT molecular complexity index is 649. The molecule has 0 aliphatic carbocycles. The van der Waals surface area contributed by atoms with Crippen molar-refractivity contribution >= 4 is 70.0 Å². The second kappa shape index (κ2) is 12.3. The van der Waals surface area contributed by atoms with Gasteiger partial charge in [0.25, 0.3) is 0 Å². The van der Waals surface area contributed by atoms with E-state index in [9.17, 15) is 4.55 Å². The molecule has 0 N–H and O–H groups in total. The summed E-state index contributed by atoms with van der Waals surface area (Å²) in [6, 6.07) is 0. The molecule has 0 radical (unpaired) electrons. The highest BCUT2D eigenvalue weighted by Crippen LogP contribution is 2.65. The van der Waals surface area contributed by atoms with Gasteiger partial charge in [0, 0.05) is 40.6 Å². The average Bonchev–Trinajstić information content (AvgIpc) is 2.79. The van der Waals surface area contributed by atoms with Crippen molar-refractivity contribution in [3.8, 4) is 0 Å². The molecule has 0 aromatic rings. The number of thioether (sulfide) groups is 5. The first-order valence-corrected chi connectivity index (χ1v) is 20.0. The fourth-order valence-corrected chi connectivity index (χ4v) is 17.6. The molecule has 7 heteroatoms. The average molecular weight is 597 g/mol. The molecular formula is C28H52OS6. The lowest BCUT2D eigenvalue weighted by Gasteiger charge is -2.52. The smallest absolute Gasteiger partial charge is 0.216 e. The van der Waals surface area contributed by atoms with E-state index in [1.807, 2.05) is 23.5 Å². The Morgan fingerprint density at radius 2 is 1.06 bits per heavy atom. The van der Waals surface area contributed by atoms with Crippen molar-refractivity contribution in [2.24, 2.45) is 21.7 Å². The quantitative estimate of drug-likeness (QED) is 0.258. The van der Waals surface area contributed by atoms with Crippen LogP contribution in [0.5, 0.6) is 0 Å². The van der Waals surface area contributed by atoms with Gasteiger partial charge < -0.3 is 4.55 Å². The standard InChI is InChI=1S/C14H26OS3.C14H26S3/c1-5-6-13-9-16-14(17-10-13,18(15)11-13)8-7-12(2,3)4;1-5-6-13-9-15-14(16-10-13,17-11-13)8-7-12(2,3)4/h5-11H2,1-4H3;5-11H2,1-4H3. The maximum Gasteiger partial charge on any atom is 0.216 e. The van der Waals surface area contributed by atoms with Gasteiger partial charge >= 0.3 is 0 Å². The van der Waals surface area contributed by atoms with Gasteiger partial charge in [0.15, 0.2) is 0 Å². The summed E-state index contributed by atoms with van der Waals surface area (Å²) >= 11 is 10.2. The Morgan fingerprint density at radius 1 is 0.629 bits per heavy atom. The van der Waals surface area contributed by atoms with Crippen LogP contribution < -0.4 is 0 Å². The molecule has 1 atom stereocenters. The van der Waals surface area contributed by atoms with Crippen LogP contribution in [0.3, 0.4) is 0 Å². The summed E-state index contributed by atoms with van der Waals surface area (Å²) < 4.78 is 13.2. The van der Waals surface area contributed by atoms with E-state index in [1.165, 1.54) is 73.7 Å². The van der Waals surface area contributed by atoms with E-state index in [4.69, 9.17) is 0 Å². The second-order valence-electron chi connectivity index (χ2n) is 13.9. The Labute approximate surface area is 242 Å². The monoisotopic (exact) mass is 596 g/mol. The van der Waals surface area contributed by atoms with Crippen molar-refractivity contribution in [1.29, 1.82) is 0 Å². The largest absolute Gasteiger partial charge is 0.615 e. The highest BCUT2D eigenvalue weighted by Gasteiger charge is 2.59. The van der Waals surface area contributed by atoms with Crippen molar-refractivity contribution in [2.75, 3.05) is 34.5 Å². The zero-order valence-electron chi connectivity index (χ0n) is 23.8. The van der Waals surface area contributed by atoms with Gasteiger partial charge in [-0.15, -0.1) is 35.3 Å². The van der Waals surface area contributed by atoms with Crippen LogP contribution in [0.2, 0.25) is 0 Å². The van der Waals surface area contributed by atoms with Gasteiger partial charge in [0.1, 0.15) is 9.16 Å². The van der Waals surface area contributed by atoms with Crippen molar-refractivity contribution in [2.45, 2.75) is 114 Å². The minimum absolute atomic E-state index is 0.0305. The Balaban J connectivity index is 0.000000196. The van der Waals surface area contributed by atoms with E-state index in [-0.39, 0.29) is 3.41 Å². The predicted octanol–water partition coefficient (Wildman–Crippen LogP) is 9.98. The van der Waals surface area contributed by atoms with Crippen LogP contribution >= 0.6 is 58.8 Å². The predicted molar refractivity (Wildman–Crippen MR) is 173 cm³/mol. The first-order valence-electron chi connectivity index (χ1n) is 13.8. The van der Waals surface area contributed by atoms with E-state index >= 15 is 0 Å². The molecule has 6 rings (SSSR count). The topological polar surface area (TPSA) is 23.1 Å². The van der Waals surface area contributed by atoms with Crippen molar-refractivity contribution in [1.82, 2.24) is 0 Å². The Hall–Kier alpha value is 2.06. The van der Waals surface area contributed by atoms with Crippen LogP contribution in [-0.4, -0.2) is 45.9 Å². The summed E-state index contributed by atoms with van der Waals surface area (Å²) in [6.07, 6.45) is 10.3. The molecule has 0 aromatic heterocycles. The molecule has 206 valence electrons. The summed E-state index contributed by atoms with van der Waals surface area (Å²) in [4.78, 5) is 0. The molecule has 4 bridgehead atoms. The lowest BCUT2D eigenvalue weighted by molar-refractivity contribution is 0.352. The molecule has 0 saturated carbocycles. The van der Waals surface area contributed by atoms with E-state index in [0.717, 1.165) is 12.2 Å². The molecule has 6 aliphatic rings. The maximum atomic E-state index is 12.6. The molecule has 1 unspecified atom stereocenters.